The molecule has 4 nitrogen and oxygen atoms in total. The minimum absolute atomic E-state index is 0.181. The highest BCUT2D eigenvalue weighted by Crippen LogP contribution is 2.36. The van der Waals surface area contributed by atoms with Gasteiger partial charge < -0.3 is 4.90 Å². The van der Waals surface area contributed by atoms with E-state index in [9.17, 15) is 10.1 Å². The molecule has 1 saturated heterocycles. The molecule has 0 aromatic heterocycles. The van der Waals surface area contributed by atoms with Crippen LogP contribution in [0.15, 0.2) is 22.7 Å². The van der Waals surface area contributed by atoms with Gasteiger partial charge in [0.05, 0.1) is 4.92 Å². The van der Waals surface area contributed by atoms with Crippen LogP contribution in [0, 0.1) is 16.0 Å². The van der Waals surface area contributed by atoms with Gasteiger partial charge in [-0.25, -0.2) is 0 Å². The van der Waals surface area contributed by atoms with Gasteiger partial charge >= 0.3 is 0 Å². The van der Waals surface area contributed by atoms with E-state index in [-0.39, 0.29) is 10.6 Å². The van der Waals surface area contributed by atoms with Gasteiger partial charge in [-0.1, -0.05) is 22.9 Å². The molecule has 0 aliphatic carbocycles. The maximum atomic E-state index is 11.1. The molecule has 0 spiro atoms. The lowest BCUT2D eigenvalue weighted by Gasteiger charge is -2.25. The molecule has 0 saturated carbocycles. The molecule has 1 aromatic carbocycles. The minimum Gasteiger partial charge on any atom is -0.363 e. The van der Waals surface area contributed by atoms with E-state index in [1.165, 1.54) is 0 Å². The van der Waals surface area contributed by atoms with Gasteiger partial charge in [0.2, 0.25) is 0 Å². The number of nitro benzene ring substituents is 1. The summed E-state index contributed by atoms with van der Waals surface area (Å²) in [4.78, 5) is 12.9. The number of anilines is 1. The lowest BCUT2D eigenvalue weighted by atomic mass is 10.0. The first kappa shape index (κ1) is 12.4. The zero-order chi connectivity index (χ0) is 12.6. The molecule has 1 aromatic rings. The molecule has 1 aliphatic heterocycles. The van der Waals surface area contributed by atoms with E-state index in [2.05, 4.69) is 34.7 Å². The largest absolute Gasteiger partial charge is 0.363 e. The van der Waals surface area contributed by atoms with Crippen molar-refractivity contribution in [2.75, 3.05) is 11.4 Å². The number of rotatable bonds is 2. The van der Waals surface area contributed by atoms with Gasteiger partial charge in [0.15, 0.2) is 0 Å². The second-order valence-corrected chi connectivity index (χ2v) is 5.51. The highest BCUT2D eigenvalue weighted by Gasteiger charge is 2.31. The monoisotopic (exact) mass is 298 g/mol. The van der Waals surface area contributed by atoms with E-state index in [0.29, 0.717) is 12.0 Å². The average Bonchev–Trinajstić information content (AvgIpc) is 2.60. The number of hydrogen-bond acceptors (Lipinski definition) is 3. The third-order valence-corrected chi connectivity index (χ3v) is 4.08. The Morgan fingerprint density at radius 1 is 1.47 bits per heavy atom. The lowest BCUT2D eigenvalue weighted by Crippen LogP contribution is -2.29. The van der Waals surface area contributed by atoms with Crippen LogP contribution in [0.25, 0.3) is 0 Å². The summed E-state index contributed by atoms with van der Waals surface area (Å²) in [6.07, 6.45) is 1.09. The van der Waals surface area contributed by atoms with Crippen molar-refractivity contribution in [3.63, 3.8) is 0 Å². The molecule has 2 atom stereocenters. The summed E-state index contributed by atoms with van der Waals surface area (Å²) in [5.41, 5.74) is 0.912. The van der Waals surface area contributed by atoms with Crippen molar-refractivity contribution in [3.05, 3.63) is 32.8 Å². The highest BCUT2D eigenvalue weighted by atomic mass is 79.9. The van der Waals surface area contributed by atoms with Gasteiger partial charge in [0.25, 0.3) is 5.69 Å². The molecule has 0 radical (unpaired) electrons. The van der Waals surface area contributed by atoms with Gasteiger partial charge in [-0.3, -0.25) is 10.1 Å². The molecule has 17 heavy (non-hydrogen) atoms. The Hall–Kier alpha value is -1.10. The van der Waals surface area contributed by atoms with E-state index < -0.39 is 0 Å². The fourth-order valence-electron chi connectivity index (χ4n) is 2.32. The van der Waals surface area contributed by atoms with E-state index in [4.69, 9.17) is 0 Å². The molecular formula is C12H15BrN2O2. The topological polar surface area (TPSA) is 46.4 Å². The molecule has 2 unspecified atom stereocenters. The Kier molecular flexibility index (Phi) is 3.38. The van der Waals surface area contributed by atoms with Crippen molar-refractivity contribution >= 4 is 27.3 Å². The van der Waals surface area contributed by atoms with Crippen LogP contribution in [0.3, 0.4) is 0 Å². The number of halogens is 1. The fraction of sp³-hybridized carbons (Fsp3) is 0.500. The van der Waals surface area contributed by atoms with Crippen LogP contribution in [0.2, 0.25) is 0 Å². The van der Waals surface area contributed by atoms with Gasteiger partial charge in [-0.05, 0) is 31.4 Å². The van der Waals surface area contributed by atoms with E-state index in [1.54, 1.807) is 6.07 Å². The molecule has 92 valence electrons. The Labute approximate surface area is 109 Å². The second-order valence-electron chi connectivity index (χ2n) is 4.59. The minimum atomic E-state index is -0.310. The summed E-state index contributed by atoms with van der Waals surface area (Å²) in [6, 6.07) is 5.62. The van der Waals surface area contributed by atoms with E-state index >= 15 is 0 Å². The molecule has 2 rings (SSSR count). The zero-order valence-corrected chi connectivity index (χ0v) is 11.5. The zero-order valence-electron chi connectivity index (χ0n) is 9.89. The second kappa shape index (κ2) is 4.64. The summed E-state index contributed by atoms with van der Waals surface area (Å²) in [7, 11) is 0. The summed E-state index contributed by atoms with van der Waals surface area (Å²) >= 11 is 3.28. The van der Waals surface area contributed by atoms with Crippen LogP contribution < -0.4 is 4.90 Å². The highest BCUT2D eigenvalue weighted by molar-refractivity contribution is 9.10. The van der Waals surface area contributed by atoms with Gasteiger partial charge in [-0.2, -0.15) is 0 Å². The first-order valence-electron chi connectivity index (χ1n) is 5.71. The standard InChI is InChI=1S/C12H15BrN2O2/c1-8-5-6-14(9(8)2)11-4-3-10(13)7-12(11)15(16)17/h3-4,7-9H,5-6H2,1-2H3. The van der Waals surface area contributed by atoms with Crippen LogP contribution in [-0.2, 0) is 0 Å². The smallest absolute Gasteiger partial charge is 0.293 e. The fourth-order valence-corrected chi connectivity index (χ4v) is 2.67. The molecule has 1 aliphatic rings. The Bertz CT molecular complexity index is 450. The molecule has 0 N–H and O–H groups in total. The van der Waals surface area contributed by atoms with Crippen LogP contribution in [0.1, 0.15) is 20.3 Å². The Morgan fingerprint density at radius 3 is 2.71 bits per heavy atom. The van der Waals surface area contributed by atoms with Crippen molar-refractivity contribution < 1.29 is 4.92 Å². The Balaban J connectivity index is 2.42. The number of hydrogen-bond donors (Lipinski definition) is 0. The number of nitrogens with zero attached hydrogens (tertiary/aromatic N) is 2. The molecule has 0 amide bonds. The summed E-state index contributed by atoms with van der Waals surface area (Å²) < 4.78 is 0.743. The van der Waals surface area contributed by atoms with Crippen LogP contribution in [0.5, 0.6) is 0 Å². The normalized spacial score (nSPS) is 24.1. The molecular weight excluding hydrogens is 284 g/mol. The quantitative estimate of drug-likeness (QED) is 0.619. The molecule has 5 heteroatoms. The third kappa shape index (κ3) is 2.29. The van der Waals surface area contributed by atoms with Crippen molar-refractivity contribution in [2.24, 2.45) is 5.92 Å². The SMILES string of the molecule is CC1CCN(c2ccc(Br)cc2[N+](=O)[O-])C1C. The van der Waals surface area contributed by atoms with Crippen LogP contribution in [0.4, 0.5) is 11.4 Å². The lowest BCUT2D eigenvalue weighted by molar-refractivity contribution is -0.384. The van der Waals surface area contributed by atoms with Crippen molar-refractivity contribution in [2.45, 2.75) is 26.3 Å². The van der Waals surface area contributed by atoms with Crippen molar-refractivity contribution in [3.8, 4) is 0 Å². The molecule has 1 fully saturated rings. The van der Waals surface area contributed by atoms with Crippen molar-refractivity contribution in [1.29, 1.82) is 0 Å². The van der Waals surface area contributed by atoms with Gasteiger partial charge in [0.1, 0.15) is 5.69 Å². The van der Waals surface area contributed by atoms with Crippen LogP contribution >= 0.6 is 15.9 Å². The first-order chi connectivity index (χ1) is 8.00. The summed E-state index contributed by atoms with van der Waals surface area (Å²) in [5.74, 6) is 0.582. The summed E-state index contributed by atoms with van der Waals surface area (Å²) in [5, 5.41) is 11.1. The maximum absolute atomic E-state index is 11.1. The molecule has 1 heterocycles. The van der Waals surface area contributed by atoms with Gasteiger partial charge in [-0.15, -0.1) is 0 Å². The van der Waals surface area contributed by atoms with E-state index in [1.807, 2.05) is 12.1 Å². The predicted octanol–water partition coefficient (Wildman–Crippen LogP) is 3.59. The third-order valence-electron chi connectivity index (χ3n) is 3.58. The average molecular weight is 299 g/mol. The van der Waals surface area contributed by atoms with Gasteiger partial charge in [0, 0.05) is 23.1 Å². The summed E-state index contributed by atoms with van der Waals surface area (Å²) in [6.45, 7) is 5.21. The first-order valence-corrected chi connectivity index (χ1v) is 6.50. The van der Waals surface area contributed by atoms with Crippen molar-refractivity contribution in [1.82, 2.24) is 0 Å². The van der Waals surface area contributed by atoms with E-state index in [0.717, 1.165) is 23.1 Å². The predicted molar refractivity (Wildman–Crippen MR) is 71.4 cm³/mol. The maximum Gasteiger partial charge on any atom is 0.293 e. The molecule has 0 bridgehead atoms. The number of benzene rings is 1. The Morgan fingerprint density at radius 2 is 2.18 bits per heavy atom. The number of nitro groups is 1. The van der Waals surface area contributed by atoms with Crippen LogP contribution in [-0.4, -0.2) is 17.5 Å².